The number of piperidine rings is 1. The molecule has 1 aromatic heterocycles. The minimum absolute atomic E-state index is 0.213. The van der Waals surface area contributed by atoms with Gasteiger partial charge in [0, 0.05) is 50.8 Å². The summed E-state index contributed by atoms with van der Waals surface area (Å²) in [6.45, 7) is 7.69. The summed E-state index contributed by atoms with van der Waals surface area (Å²) in [5, 5.41) is 0. The van der Waals surface area contributed by atoms with Crippen molar-refractivity contribution in [1.29, 1.82) is 0 Å². The van der Waals surface area contributed by atoms with Crippen molar-refractivity contribution in [3.05, 3.63) is 66.8 Å². The first-order chi connectivity index (χ1) is 25.7. The fourth-order valence-electron chi connectivity index (χ4n) is 7.82. The number of aromatic nitrogens is 2. The van der Waals surface area contributed by atoms with Crippen LogP contribution in [0.2, 0.25) is 0 Å². The third-order valence-corrected chi connectivity index (χ3v) is 11.1. The summed E-state index contributed by atoms with van der Waals surface area (Å²) in [4.78, 5) is 10.0. The molecule has 2 aliphatic rings. The van der Waals surface area contributed by atoms with Gasteiger partial charge in [-0.05, 0) is 83.5 Å². The van der Waals surface area contributed by atoms with Crippen molar-refractivity contribution in [2.75, 3.05) is 19.6 Å². The number of nitrogens with one attached hydrogen (secondary N) is 1. The maximum atomic E-state index is 6.96. The number of likely N-dealkylation sites (tertiary alicyclic amines) is 1. The molecule has 5 nitrogen and oxygen atoms in total. The van der Waals surface area contributed by atoms with Crippen LogP contribution in [-0.2, 0) is 15.9 Å². The van der Waals surface area contributed by atoms with E-state index in [1.54, 1.807) is 6.33 Å². The van der Waals surface area contributed by atoms with Gasteiger partial charge < -0.3 is 19.4 Å². The molecular formula is C47H81N3O2. The predicted molar refractivity (Wildman–Crippen MR) is 224 cm³/mol. The molecule has 2 saturated heterocycles. The van der Waals surface area contributed by atoms with E-state index < -0.39 is 0 Å². The maximum Gasteiger partial charge on any atom is 0.169 e. The van der Waals surface area contributed by atoms with Gasteiger partial charge in [-0.15, -0.1) is 0 Å². The van der Waals surface area contributed by atoms with E-state index in [9.17, 15) is 0 Å². The Morgan fingerprint density at radius 2 is 1.12 bits per heavy atom. The lowest BCUT2D eigenvalue weighted by Crippen LogP contribution is -2.45. The minimum atomic E-state index is -0.362. The van der Waals surface area contributed by atoms with Crippen LogP contribution in [0, 0.1) is 0 Å². The number of imidazole rings is 1. The standard InChI is InChI=1S/C47H81N3O2/c1-3-5-7-9-11-13-15-17-19-21-23-25-27-29-31-33-37-47(38-34-32-30-28-26-24-22-20-18-16-14-12-10-8-6-4-2)51-45-36-40-50(42-46(45)52-47)39-35-44-41-48-43-49-44/h11-14,17-20,41,43,45-46H,3-10,15-16,21-40,42H2,1-2H3,(H,48,49)/t45-,46+,47?/m0/s1. The molecule has 3 rings (SSSR count). The van der Waals surface area contributed by atoms with Crippen LogP contribution in [0.15, 0.2) is 61.1 Å². The number of allylic oxidation sites excluding steroid dienone is 8. The molecule has 0 unspecified atom stereocenters. The van der Waals surface area contributed by atoms with Crippen LogP contribution >= 0.6 is 0 Å². The van der Waals surface area contributed by atoms with Gasteiger partial charge >= 0.3 is 0 Å². The highest BCUT2D eigenvalue weighted by Gasteiger charge is 2.48. The van der Waals surface area contributed by atoms with E-state index >= 15 is 0 Å². The molecule has 1 N–H and O–H groups in total. The third-order valence-electron chi connectivity index (χ3n) is 11.1. The summed E-state index contributed by atoms with van der Waals surface area (Å²) in [6.07, 6.45) is 58.1. The van der Waals surface area contributed by atoms with Crippen molar-refractivity contribution >= 4 is 0 Å². The lowest BCUT2D eigenvalue weighted by atomic mass is 9.98. The third kappa shape index (κ3) is 21.1. The minimum Gasteiger partial charge on any atom is -0.348 e. The Morgan fingerprint density at radius 1 is 0.635 bits per heavy atom. The monoisotopic (exact) mass is 720 g/mol. The van der Waals surface area contributed by atoms with E-state index in [-0.39, 0.29) is 18.0 Å². The predicted octanol–water partition coefficient (Wildman–Crippen LogP) is 13.5. The molecule has 5 heteroatoms. The fraction of sp³-hybridized carbons (Fsp3) is 0.766. The molecular weight excluding hydrogens is 639 g/mol. The van der Waals surface area contributed by atoms with Gasteiger partial charge in [0.25, 0.3) is 0 Å². The van der Waals surface area contributed by atoms with Crippen LogP contribution in [0.25, 0.3) is 0 Å². The summed E-state index contributed by atoms with van der Waals surface area (Å²) in [7, 11) is 0. The number of hydrogen-bond acceptors (Lipinski definition) is 4. The van der Waals surface area contributed by atoms with E-state index in [4.69, 9.17) is 9.47 Å². The molecule has 2 fully saturated rings. The number of ether oxygens (including phenoxy) is 2. The van der Waals surface area contributed by atoms with Gasteiger partial charge in [0.1, 0.15) is 0 Å². The number of hydrogen-bond donors (Lipinski definition) is 1. The molecule has 0 aliphatic carbocycles. The molecule has 3 heterocycles. The maximum absolute atomic E-state index is 6.96. The van der Waals surface area contributed by atoms with Crippen LogP contribution in [0.3, 0.4) is 0 Å². The van der Waals surface area contributed by atoms with E-state index in [1.165, 1.54) is 147 Å². The van der Waals surface area contributed by atoms with Gasteiger partial charge in [0.05, 0.1) is 18.5 Å². The molecule has 0 amide bonds. The van der Waals surface area contributed by atoms with Crippen LogP contribution in [0.5, 0.6) is 0 Å². The Morgan fingerprint density at radius 3 is 1.62 bits per heavy atom. The number of H-pyrrole nitrogens is 1. The topological polar surface area (TPSA) is 50.4 Å². The van der Waals surface area contributed by atoms with Gasteiger partial charge in [-0.1, -0.05) is 140 Å². The Bertz CT molecular complexity index is 1010. The largest absolute Gasteiger partial charge is 0.348 e. The second-order valence-corrected chi connectivity index (χ2v) is 15.8. The van der Waals surface area contributed by atoms with Gasteiger partial charge in [0.15, 0.2) is 5.79 Å². The molecule has 0 saturated carbocycles. The van der Waals surface area contributed by atoms with Crippen molar-refractivity contribution < 1.29 is 9.47 Å². The highest BCUT2D eigenvalue weighted by atomic mass is 16.8. The summed E-state index contributed by atoms with van der Waals surface area (Å²) in [6, 6.07) is 0. The van der Waals surface area contributed by atoms with Crippen molar-refractivity contribution in [3.8, 4) is 0 Å². The van der Waals surface area contributed by atoms with Crippen molar-refractivity contribution in [2.24, 2.45) is 0 Å². The molecule has 52 heavy (non-hydrogen) atoms. The lowest BCUT2D eigenvalue weighted by molar-refractivity contribution is -0.185. The van der Waals surface area contributed by atoms with Gasteiger partial charge in [-0.2, -0.15) is 0 Å². The molecule has 296 valence electrons. The first-order valence-corrected chi connectivity index (χ1v) is 22.4. The van der Waals surface area contributed by atoms with Crippen molar-refractivity contribution in [3.63, 3.8) is 0 Å². The zero-order valence-electron chi connectivity index (χ0n) is 34.1. The van der Waals surface area contributed by atoms with Crippen molar-refractivity contribution in [1.82, 2.24) is 14.9 Å². The zero-order valence-corrected chi connectivity index (χ0v) is 34.1. The Labute approximate surface area is 321 Å². The average Bonchev–Trinajstić information content (AvgIpc) is 3.81. The Hall–Kier alpha value is -1.95. The highest BCUT2D eigenvalue weighted by Crippen LogP contribution is 2.40. The number of nitrogens with zero attached hydrogens (tertiary/aromatic N) is 2. The highest BCUT2D eigenvalue weighted by molar-refractivity contribution is 4.97. The summed E-state index contributed by atoms with van der Waals surface area (Å²) in [5.41, 5.74) is 1.22. The number of aromatic amines is 1. The van der Waals surface area contributed by atoms with Crippen LogP contribution in [-0.4, -0.2) is 52.5 Å². The van der Waals surface area contributed by atoms with Crippen molar-refractivity contribution in [2.45, 2.75) is 212 Å². The summed E-state index contributed by atoms with van der Waals surface area (Å²) >= 11 is 0. The molecule has 1 aromatic rings. The average molecular weight is 720 g/mol. The zero-order chi connectivity index (χ0) is 36.6. The Kier molecular flexibility index (Phi) is 26.0. The molecule has 2 atom stereocenters. The van der Waals surface area contributed by atoms with Gasteiger partial charge in [0.2, 0.25) is 0 Å². The number of fused-ring (bicyclic) bond motifs is 1. The van der Waals surface area contributed by atoms with E-state index in [0.717, 1.165) is 58.2 Å². The lowest BCUT2D eigenvalue weighted by Gasteiger charge is -2.32. The second kappa shape index (κ2) is 30.4. The molecule has 0 aromatic carbocycles. The van der Waals surface area contributed by atoms with E-state index in [0.29, 0.717) is 0 Å². The van der Waals surface area contributed by atoms with Crippen LogP contribution in [0.1, 0.15) is 193 Å². The molecule has 2 aliphatic heterocycles. The first kappa shape index (κ1) is 44.4. The quantitative estimate of drug-likeness (QED) is 0.0580. The molecule has 0 spiro atoms. The van der Waals surface area contributed by atoms with E-state index in [2.05, 4.69) is 77.3 Å². The van der Waals surface area contributed by atoms with Crippen LogP contribution in [0.4, 0.5) is 0 Å². The first-order valence-electron chi connectivity index (χ1n) is 22.4. The van der Waals surface area contributed by atoms with Gasteiger partial charge in [-0.3, -0.25) is 0 Å². The normalized spacial score (nSPS) is 21.2. The molecule has 0 radical (unpaired) electrons. The fourth-order valence-corrected chi connectivity index (χ4v) is 7.82. The Balaban J connectivity index is 1.29. The second-order valence-electron chi connectivity index (χ2n) is 15.8. The molecule has 0 bridgehead atoms. The van der Waals surface area contributed by atoms with Gasteiger partial charge in [-0.25, -0.2) is 4.98 Å². The van der Waals surface area contributed by atoms with E-state index in [1.807, 2.05) is 6.20 Å². The smallest absolute Gasteiger partial charge is 0.169 e. The SMILES string of the molecule is CCCCCC=CCC=CCCCCCCCCC1(CCCCCCCCC=CCC=CCCCCC)O[C@H]2CCN(CCc3cnc[nH]3)C[C@H]2O1. The number of rotatable bonds is 33. The summed E-state index contributed by atoms with van der Waals surface area (Å²) in [5.74, 6) is -0.362. The number of unbranched alkanes of at least 4 members (excludes halogenated alkanes) is 18. The van der Waals surface area contributed by atoms with Crippen LogP contribution < -0.4 is 0 Å². The summed E-state index contributed by atoms with van der Waals surface area (Å²) < 4.78 is 13.9.